The third-order valence-electron chi connectivity index (χ3n) is 4.15. The van der Waals surface area contributed by atoms with Crippen LogP contribution in [-0.4, -0.2) is 45.1 Å². The molecule has 0 saturated heterocycles. The summed E-state index contributed by atoms with van der Waals surface area (Å²) < 4.78 is 30.4. The number of carbonyl (C=O) groups excluding carboxylic acids is 1. The van der Waals surface area contributed by atoms with Gasteiger partial charge < -0.3 is 10.1 Å². The number of methoxy groups -OCH3 is 1. The summed E-state index contributed by atoms with van der Waals surface area (Å²) in [6, 6.07) is 17.0. The number of hydrogen-bond acceptors (Lipinski definition) is 4. The van der Waals surface area contributed by atoms with E-state index in [-0.39, 0.29) is 25.4 Å². The number of benzene rings is 2. The quantitative estimate of drug-likeness (QED) is 0.675. The van der Waals surface area contributed by atoms with Crippen molar-refractivity contribution in [1.82, 2.24) is 9.62 Å². The summed E-state index contributed by atoms with van der Waals surface area (Å²) in [6.07, 6.45) is 2.00. The molecule has 0 radical (unpaired) electrons. The Bertz CT molecular complexity index is 821. The first-order valence-corrected chi connectivity index (χ1v) is 10.6. The molecule has 27 heavy (non-hydrogen) atoms. The van der Waals surface area contributed by atoms with Crippen LogP contribution in [-0.2, 0) is 27.8 Å². The summed E-state index contributed by atoms with van der Waals surface area (Å²) >= 11 is 0. The Kier molecular flexibility index (Phi) is 7.82. The Balaban J connectivity index is 1.79. The van der Waals surface area contributed by atoms with Gasteiger partial charge in [-0.1, -0.05) is 42.5 Å². The second-order valence-corrected chi connectivity index (χ2v) is 8.26. The maximum Gasteiger partial charge on any atom is 0.221 e. The second kappa shape index (κ2) is 10.1. The summed E-state index contributed by atoms with van der Waals surface area (Å²) in [5.41, 5.74) is 1.99. The molecule has 0 atom stereocenters. The fraction of sp³-hybridized carbons (Fsp3) is 0.350. The Hall–Kier alpha value is -2.38. The van der Waals surface area contributed by atoms with Crippen LogP contribution in [0.2, 0.25) is 0 Å². The molecule has 6 nitrogen and oxygen atoms in total. The minimum absolute atomic E-state index is 0.127. The Morgan fingerprint density at radius 2 is 1.70 bits per heavy atom. The van der Waals surface area contributed by atoms with E-state index in [0.717, 1.165) is 23.1 Å². The molecule has 0 heterocycles. The van der Waals surface area contributed by atoms with E-state index in [1.54, 1.807) is 7.11 Å². The maximum absolute atomic E-state index is 12.1. The van der Waals surface area contributed by atoms with Crippen molar-refractivity contribution in [1.29, 1.82) is 0 Å². The summed E-state index contributed by atoms with van der Waals surface area (Å²) in [4.78, 5) is 12.1. The van der Waals surface area contributed by atoms with Crippen LogP contribution < -0.4 is 10.1 Å². The highest BCUT2D eigenvalue weighted by atomic mass is 32.2. The first-order chi connectivity index (χ1) is 12.9. The van der Waals surface area contributed by atoms with Crippen molar-refractivity contribution in [2.45, 2.75) is 19.4 Å². The van der Waals surface area contributed by atoms with Gasteiger partial charge in [0.05, 0.1) is 13.4 Å². The minimum atomic E-state index is -3.39. The van der Waals surface area contributed by atoms with Crippen LogP contribution in [0.4, 0.5) is 0 Å². The minimum Gasteiger partial charge on any atom is -0.497 e. The molecular weight excluding hydrogens is 364 g/mol. The second-order valence-electron chi connectivity index (χ2n) is 6.28. The molecule has 0 saturated carbocycles. The standard InChI is InChI=1S/C20H26N2O4S/c1-26-19-10-8-17(9-11-19)12-14-21-20(23)13-15-22(27(2,24)25)16-18-6-4-3-5-7-18/h3-11H,12-16H2,1-2H3,(H,21,23). The Morgan fingerprint density at radius 1 is 1.04 bits per heavy atom. The number of rotatable bonds is 10. The van der Waals surface area contributed by atoms with Gasteiger partial charge in [-0.25, -0.2) is 8.42 Å². The monoisotopic (exact) mass is 390 g/mol. The number of sulfonamides is 1. The zero-order chi connectivity index (χ0) is 19.7. The summed E-state index contributed by atoms with van der Waals surface area (Å²) in [7, 11) is -1.77. The zero-order valence-electron chi connectivity index (χ0n) is 15.7. The van der Waals surface area contributed by atoms with Crippen LogP contribution in [0.1, 0.15) is 17.5 Å². The summed E-state index contributed by atoms with van der Waals surface area (Å²) in [5, 5.41) is 2.84. The van der Waals surface area contributed by atoms with E-state index in [1.807, 2.05) is 54.6 Å². The van der Waals surface area contributed by atoms with Crippen molar-refractivity contribution in [2.75, 3.05) is 26.5 Å². The average molecular weight is 391 g/mol. The lowest BCUT2D eigenvalue weighted by Gasteiger charge is -2.19. The van der Waals surface area contributed by atoms with Gasteiger partial charge in [-0.2, -0.15) is 4.31 Å². The highest BCUT2D eigenvalue weighted by Crippen LogP contribution is 2.11. The van der Waals surface area contributed by atoms with E-state index in [4.69, 9.17) is 4.74 Å². The van der Waals surface area contributed by atoms with Crippen LogP contribution in [0, 0.1) is 0 Å². The van der Waals surface area contributed by atoms with Gasteiger partial charge in [-0.3, -0.25) is 4.79 Å². The van der Waals surface area contributed by atoms with Crippen LogP contribution in [0.15, 0.2) is 54.6 Å². The van der Waals surface area contributed by atoms with Gasteiger partial charge in [0.25, 0.3) is 0 Å². The molecule has 2 rings (SSSR count). The third-order valence-corrected chi connectivity index (χ3v) is 5.40. The number of amides is 1. The van der Waals surface area contributed by atoms with Gasteiger partial charge >= 0.3 is 0 Å². The fourth-order valence-corrected chi connectivity index (χ4v) is 3.41. The van der Waals surface area contributed by atoms with E-state index in [2.05, 4.69) is 5.32 Å². The highest BCUT2D eigenvalue weighted by molar-refractivity contribution is 7.88. The smallest absolute Gasteiger partial charge is 0.221 e. The van der Waals surface area contributed by atoms with E-state index < -0.39 is 10.0 Å². The maximum atomic E-state index is 12.1. The van der Waals surface area contributed by atoms with Crippen molar-refractivity contribution < 1.29 is 17.9 Å². The Morgan fingerprint density at radius 3 is 2.30 bits per heavy atom. The molecule has 0 aromatic heterocycles. The summed E-state index contributed by atoms with van der Waals surface area (Å²) in [6.45, 7) is 0.920. The molecule has 0 bridgehead atoms. The molecule has 1 N–H and O–H groups in total. The first kappa shape index (κ1) is 20.9. The zero-order valence-corrected chi connectivity index (χ0v) is 16.5. The van der Waals surface area contributed by atoms with Crippen molar-refractivity contribution in [3.63, 3.8) is 0 Å². The average Bonchev–Trinajstić information content (AvgIpc) is 2.65. The van der Waals surface area contributed by atoms with Crippen molar-refractivity contribution in [2.24, 2.45) is 0 Å². The predicted molar refractivity (Wildman–Crippen MR) is 106 cm³/mol. The molecule has 0 spiro atoms. The number of carbonyl (C=O) groups is 1. The van der Waals surface area contributed by atoms with Crippen LogP contribution in [0.5, 0.6) is 5.75 Å². The molecule has 0 unspecified atom stereocenters. The normalized spacial score (nSPS) is 11.4. The Labute approximate surface area is 161 Å². The first-order valence-electron chi connectivity index (χ1n) is 8.77. The van der Waals surface area contributed by atoms with Gasteiger partial charge in [0.1, 0.15) is 5.75 Å². The number of ether oxygens (including phenoxy) is 1. The molecule has 7 heteroatoms. The van der Waals surface area contributed by atoms with Gasteiger partial charge in [-0.05, 0) is 29.7 Å². The van der Waals surface area contributed by atoms with Gasteiger partial charge in [0, 0.05) is 26.1 Å². The molecule has 2 aromatic carbocycles. The van der Waals surface area contributed by atoms with Crippen LogP contribution in [0.25, 0.3) is 0 Å². The van der Waals surface area contributed by atoms with Gasteiger partial charge in [-0.15, -0.1) is 0 Å². The molecule has 0 aliphatic rings. The molecule has 0 aliphatic heterocycles. The topological polar surface area (TPSA) is 75.7 Å². The van der Waals surface area contributed by atoms with E-state index >= 15 is 0 Å². The molecule has 1 amide bonds. The third kappa shape index (κ3) is 7.40. The molecule has 0 fully saturated rings. The molecular formula is C20H26N2O4S. The number of nitrogens with zero attached hydrogens (tertiary/aromatic N) is 1. The van der Waals surface area contributed by atoms with Crippen LogP contribution >= 0.6 is 0 Å². The fourth-order valence-electron chi connectivity index (χ4n) is 2.60. The van der Waals surface area contributed by atoms with Crippen molar-refractivity contribution >= 4 is 15.9 Å². The van der Waals surface area contributed by atoms with Gasteiger partial charge in [0.2, 0.25) is 15.9 Å². The molecule has 146 valence electrons. The summed E-state index contributed by atoms with van der Waals surface area (Å²) in [5.74, 6) is 0.632. The predicted octanol–water partition coefficient (Wildman–Crippen LogP) is 2.21. The lowest BCUT2D eigenvalue weighted by molar-refractivity contribution is -0.121. The molecule has 0 aliphatic carbocycles. The van der Waals surface area contributed by atoms with Crippen LogP contribution in [0.3, 0.4) is 0 Å². The van der Waals surface area contributed by atoms with E-state index in [9.17, 15) is 13.2 Å². The largest absolute Gasteiger partial charge is 0.497 e. The van der Waals surface area contributed by atoms with Crippen molar-refractivity contribution in [3.8, 4) is 5.75 Å². The highest BCUT2D eigenvalue weighted by Gasteiger charge is 2.18. The molecule has 2 aromatic rings. The van der Waals surface area contributed by atoms with E-state index in [0.29, 0.717) is 13.0 Å². The lowest BCUT2D eigenvalue weighted by atomic mass is 10.1. The van der Waals surface area contributed by atoms with Crippen molar-refractivity contribution in [3.05, 3.63) is 65.7 Å². The number of nitrogens with one attached hydrogen (secondary N) is 1. The lowest BCUT2D eigenvalue weighted by Crippen LogP contribution is -2.34. The SMILES string of the molecule is COc1ccc(CCNC(=O)CCN(Cc2ccccc2)S(C)(=O)=O)cc1. The van der Waals surface area contributed by atoms with E-state index in [1.165, 1.54) is 4.31 Å². The number of hydrogen-bond donors (Lipinski definition) is 1. The van der Waals surface area contributed by atoms with Gasteiger partial charge in [0.15, 0.2) is 0 Å².